The molecule has 1 N–H and O–H groups in total. The zero-order valence-electron chi connectivity index (χ0n) is 20.8. The topological polar surface area (TPSA) is 82.0 Å². The predicted octanol–water partition coefficient (Wildman–Crippen LogP) is 4.35. The summed E-state index contributed by atoms with van der Waals surface area (Å²) in [5.74, 6) is 0.701. The van der Waals surface area contributed by atoms with E-state index < -0.39 is 0 Å². The van der Waals surface area contributed by atoms with Gasteiger partial charge in [-0.25, -0.2) is 0 Å². The van der Waals surface area contributed by atoms with Crippen LogP contribution in [0.2, 0.25) is 0 Å². The molecule has 2 saturated heterocycles. The van der Waals surface area contributed by atoms with Crippen LogP contribution in [0.25, 0.3) is 10.8 Å². The second-order valence-electron chi connectivity index (χ2n) is 10.2. The van der Waals surface area contributed by atoms with Gasteiger partial charge >= 0.3 is 6.01 Å². The normalized spacial score (nSPS) is 20.7. The molecule has 4 heterocycles. The van der Waals surface area contributed by atoms with Crippen LogP contribution in [0.4, 0.5) is 11.5 Å². The average Bonchev–Trinajstić information content (AvgIpc) is 3.31. The molecule has 36 heavy (non-hydrogen) atoms. The fourth-order valence-electron chi connectivity index (χ4n) is 5.79. The molecule has 0 radical (unpaired) electrons. The van der Waals surface area contributed by atoms with Gasteiger partial charge in [0.25, 0.3) is 5.91 Å². The molecule has 3 aliphatic heterocycles. The standard InChI is InChI=1S/C28H33N5O3/c1-31-12-8-10-20(31)18-36-28-29-23-17-33(24-16-21(34)15-19-9-4-5-11-22(19)24)27(35)25(23)26(30-28)32-13-6-2-3-7-14-32/h4-5,9,11,15-16,20,34H,2-3,6-8,10,12-14,17-18H2,1H3. The Morgan fingerprint density at radius 1 is 1.03 bits per heavy atom. The number of nitrogens with zero attached hydrogens (tertiary/aromatic N) is 5. The van der Waals surface area contributed by atoms with Crippen LogP contribution in [0.5, 0.6) is 11.8 Å². The van der Waals surface area contributed by atoms with Crippen molar-refractivity contribution in [3.8, 4) is 11.8 Å². The molecule has 1 atom stereocenters. The maximum atomic E-state index is 13.9. The molecule has 188 valence electrons. The van der Waals surface area contributed by atoms with Gasteiger partial charge in [-0.05, 0) is 50.7 Å². The van der Waals surface area contributed by atoms with Crippen molar-refractivity contribution in [3.63, 3.8) is 0 Å². The summed E-state index contributed by atoms with van der Waals surface area (Å²) in [5.41, 5.74) is 1.94. The Morgan fingerprint density at radius 3 is 2.61 bits per heavy atom. The molecule has 2 fully saturated rings. The number of fused-ring (bicyclic) bond motifs is 2. The van der Waals surface area contributed by atoms with Crippen LogP contribution in [-0.4, -0.2) is 65.2 Å². The van der Waals surface area contributed by atoms with Gasteiger partial charge in [-0.1, -0.05) is 37.1 Å². The lowest BCUT2D eigenvalue weighted by atomic mass is 10.1. The number of phenolic OH excluding ortho intramolecular Hbond substituents is 1. The largest absolute Gasteiger partial charge is 0.508 e. The number of hydrogen-bond acceptors (Lipinski definition) is 7. The predicted molar refractivity (Wildman–Crippen MR) is 140 cm³/mol. The monoisotopic (exact) mass is 487 g/mol. The van der Waals surface area contributed by atoms with Crippen molar-refractivity contribution < 1.29 is 14.6 Å². The molecule has 1 unspecified atom stereocenters. The van der Waals surface area contributed by atoms with E-state index in [2.05, 4.69) is 16.8 Å². The number of amides is 1. The SMILES string of the molecule is CN1CCCC1COc1nc2c(c(N3CCCCCC3)n1)C(=O)N(c1cc(O)cc3ccccc13)C2. The van der Waals surface area contributed by atoms with Gasteiger partial charge in [0.05, 0.1) is 17.9 Å². The van der Waals surface area contributed by atoms with E-state index in [1.165, 1.54) is 19.3 Å². The number of anilines is 2. The minimum absolute atomic E-state index is 0.123. The summed E-state index contributed by atoms with van der Waals surface area (Å²) in [4.78, 5) is 29.8. The van der Waals surface area contributed by atoms with Crippen LogP contribution in [0.1, 0.15) is 54.6 Å². The quantitative estimate of drug-likeness (QED) is 0.573. The molecule has 2 aromatic carbocycles. The molecule has 1 amide bonds. The number of carbonyl (C=O) groups excluding carboxylic acids is 1. The third-order valence-electron chi connectivity index (χ3n) is 7.81. The van der Waals surface area contributed by atoms with Gasteiger partial charge in [0, 0.05) is 30.6 Å². The van der Waals surface area contributed by atoms with Gasteiger partial charge < -0.3 is 24.5 Å². The zero-order valence-corrected chi connectivity index (χ0v) is 20.8. The maximum absolute atomic E-state index is 13.9. The summed E-state index contributed by atoms with van der Waals surface area (Å²) in [6.45, 7) is 3.70. The first-order valence-corrected chi connectivity index (χ1v) is 13.1. The number of likely N-dealkylation sites (tertiary alicyclic amines) is 1. The first-order chi connectivity index (χ1) is 17.6. The van der Waals surface area contributed by atoms with Crippen LogP contribution < -0.4 is 14.5 Å². The van der Waals surface area contributed by atoms with Crippen molar-refractivity contribution in [1.29, 1.82) is 0 Å². The third-order valence-corrected chi connectivity index (χ3v) is 7.81. The Hall–Kier alpha value is -3.39. The van der Waals surface area contributed by atoms with Gasteiger partial charge in [-0.2, -0.15) is 9.97 Å². The summed E-state index contributed by atoms with van der Waals surface area (Å²) in [5, 5.41) is 12.2. The lowest BCUT2D eigenvalue weighted by Crippen LogP contribution is -2.31. The Kier molecular flexibility index (Phi) is 6.13. The molecule has 3 aliphatic rings. The molecule has 0 aliphatic carbocycles. The maximum Gasteiger partial charge on any atom is 0.318 e. The number of aromatic hydroxyl groups is 1. The van der Waals surface area contributed by atoms with Crippen LogP contribution in [0.3, 0.4) is 0 Å². The minimum atomic E-state index is -0.123. The van der Waals surface area contributed by atoms with Crippen LogP contribution in [0.15, 0.2) is 36.4 Å². The highest BCUT2D eigenvalue weighted by Gasteiger charge is 2.37. The summed E-state index contributed by atoms with van der Waals surface area (Å²) in [7, 11) is 2.13. The van der Waals surface area contributed by atoms with Crippen LogP contribution in [0, 0.1) is 0 Å². The summed E-state index contributed by atoms with van der Waals surface area (Å²) >= 11 is 0. The van der Waals surface area contributed by atoms with Gasteiger partial charge in [-0.3, -0.25) is 4.79 Å². The number of phenols is 1. The number of ether oxygens (including phenoxy) is 1. The Labute approximate surface area is 211 Å². The average molecular weight is 488 g/mol. The molecule has 8 heteroatoms. The van der Waals surface area contributed by atoms with Gasteiger partial charge in [0.1, 0.15) is 23.7 Å². The van der Waals surface area contributed by atoms with Crippen molar-refractivity contribution in [2.45, 2.75) is 51.1 Å². The van der Waals surface area contributed by atoms with E-state index in [0.717, 1.165) is 49.7 Å². The first-order valence-electron chi connectivity index (χ1n) is 13.1. The highest BCUT2D eigenvalue weighted by atomic mass is 16.5. The fourth-order valence-corrected chi connectivity index (χ4v) is 5.79. The van der Waals surface area contributed by atoms with E-state index in [1.54, 1.807) is 17.0 Å². The smallest absolute Gasteiger partial charge is 0.318 e. The number of aromatic nitrogens is 2. The Morgan fingerprint density at radius 2 is 1.83 bits per heavy atom. The lowest BCUT2D eigenvalue weighted by molar-refractivity contribution is 0.0997. The van der Waals surface area contributed by atoms with Gasteiger partial charge in [-0.15, -0.1) is 0 Å². The molecule has 8 nitrogen and oxygen atoms in total. The van der Waals surface area contributed by atoms with E-state index in [4.69, 9.17) is 14.7 Å². The fraction of sp³-hybridized carbons (Fsp3) is 0.464. The number of carbonyl (C=O) groups is 1. The van der Waals surface area contributed by atoms with Crippen LogP contribution >= 0.6 is 0 Å². The number of rotatable bonds is 5. The van der Waals surface area contributed by atoms with E-state index in [1.807, 2.05) is 24.3 Å². The van der Waals surface area contributed by atoms with Crippen molar-refractivity contribution in [1.82, 2.24) is 14.9 Å². The first kappa shape index (κ1) is 23.0. The molecule has 6 rings (SSSR count). The summed E-state index contributed by atoms with van der Waals surface area (Å²) in [6, 6.07) is 11.9. The molecule has 0 spiro atoms. The van der Waals surface area contributed by atoms with E-state index in [-0.39, 0.29) is 11.7 Å². The van der Waals surface area contributed by atoms with E-state index in [0.29, 0.717) is 48.0 Å². The number of likely N-dealkylation sites (N-methyl/N-ethyl adjacent to an activating group) is 1. The van der Waals surface area contributed by atoms with Crippen molar-refractivity contribution >= 4 is 28.2 Å². The van der Waals surface area contributed by atoms with Crippen molar-refractivity contribution in [2.75, 3.05) is 43.1 Å². The second-order valence-corrected chi connectivity index (χ2v) is 10.2. The third kappa shape index (κ3) is 4.23. The molecule has 1 aromatic heterocycles. The van der Waals surface area contributed by atoms with Crippen molar-refractivity contribution in [2.24, 2.45) is 0 Å². The molecule has 0 bridgehead atoms. The van der Waals surface area contributed by atoms with E-state index >= 15 is 0 Å². The van der Waals surface area contributed by atoms with Gasteiger partial charge in [0.2, 0.25) is 0 Å². The highest BCUT2D eigenvalue weighted by molar-refractivity contribution is 6.16. The molecular formula is C28H33N5O3. The summed E-state index contributed by atoms with van der Waals surface area (Å²) < 4.78 is 6.15. The van der Waals surface area contributed by atoms with Crippen LogP contribution in [-0.2, 0) is 6.54 Å². The van der Waals surface area contributed by atoms with Gasteiger partial charge in [0.15, 0.2) is 0 Å². The number of hydrogen-bond donors (Lipinski definition) is 1. The Balaban J connectivity index is 1.38. The molecular weight excluding hydrogens is 454 g/mol. The summed E-state index contributed by atoms with van der Waals surface area (Å²) in [6.07, 6.45) is 6.83. The minimum Gasteiger partial charge on any atom is -0.508 e. The lowest BCUT2D eigenvalue weighted by Gasteiger charge is -2.24. The molecule has 0 saturated carbocycles. The van der Waals surface area contributed by atoms with E-state index in [9.17, 15) is 9.90 Å². The zero-order chi connectivity index (χ0) is 24.6. The van der Waals surface area contributed by atoms with Crippen molar-refractivity contribution in [3.05, 3.63) is 47.7 Å². The number of benzene rings is 2. The Bertz CT molecular complexity index is 1290. The second kappa shape index (κ2) is 9.58. The molecule has 3 aromatic rings. The highest BCUT2D eigenvalue weighted by Crippen LogP contribution is 2.39.